The maximum atomic E-state index is 10.7. The molecule has 5 heteroatoms. The number of nitrogens with two attached hydrogens (primary N) is 1. The molecule has 0 radical (unpaired) electrons. The van der Waals surface area contributed by atoms with Crippen molar-refractivity contribution in [2.45, 2.75) is 13.0 Å². The Balaban J connectivity index is 2.34. The topological polar surface area (TPSA) is 90.4 Å². The lowest BCUT2D eigenvalue weighted by Gasteiger charge is -2.40. The van der Waals surface area contributed by atoms with Crippen LogP contribution in [0, 0.1) is 11.3 Å². The summed E-state index contributed by atoms with van der Waals surface area (Å²) in [4.78, 5) is 12.3. The number of hydrogen-bond donors (Lipinski definition) is 3. The van der Waals surface area contributed by atoms with E-state index in [2.05, 4.69) is 0 Å². The number of amidine groups is 1. The summed E-state index contributed by atoms with van der Waals surface area (Å²) in [6.07, 6.45) is -0.888. The summed E-state index contributed by atoms with van der Waals surface area (Å²) >= 11 is 0. The van der Waals surface area contributed by atoms with Crippen LogP contribution in [0.15, 0.2) is 0 Å². The number of carbonyl (C=O) groups is 1. The van der Waals surface area contributed by atoms with Gasteiger partial charge in [0.1, 0.15) is 11.9 Å². The van der Waals surface area contributed by atoms with Crippen LogP contribution in [-0.4, -0.2) is 40.9 Å². The third-order valence-electron chi connectivity index (χ3n) is 2.12. The van der Waals surface area contributed by atoms with E-state index in [1.54, 1.807) is 4.90 Å². The Hall–Kier alpha value is -1.10. The van der Waals surface area contributed by atoms with E-state index in [1.165, 1.54) is 6.92 Å². The maximum absolute atomic E-state index is 10.7. The van der Waals surface area contributed by atoms with Crippen molar-refractivity contribution in [2.24, 2.45) is 11.7 Å². The molecule has 0 saturated carbocycles. The summed E-state index contributed by atoms with van der Waals surface area (Å²) in [5.74, 6) is -0.267. The number of likely N-dealkylation sites (tertiary alicyclic amines) is 1. The number of aliphatic hydroxyl groups excluding tert-OH is 1. The van der Waals surface area contributed by atoms with Crippen LogP contribution < -0.4 is 5.73 Å². The van der Waals surface area contributed by atoms with Gasteiger partial charge in [-0.1, -0.05) is 0 Å². The van der Waals surface area contributed by atoms with Crippen LogP contribution in [0.1, 0.15) is 6.92 Å². The Morgan fingerprint density at radius 1 is 1.75 bits per heavy atom. The highest BCUT2D eigenvalue weighted by Gasteiger charge is 2.35. The summed E-state index contributed by atoms with van der Waals surface area (Å²) in [6, 6.07) is 0. The van der Waals surface area contributed by atoms with Gasteiger partial charge in [-0.2, -0.15) is 0 Å². The molecular formula is C7H13N3O2. The zero-order valence-corrected chi connectivity index (χ0v) is 6.95. The van der Waals surface area contributed by atoms with Crippen LogP contribution in [0.5, 0.6) is 0 Å². The van der Waals surface area contributed by atoms with E-state index in [-0.39, 0.29) is 17.7 Å². The van der Waals surface area contributed by atoms with Crippen molar-refractivity contribution < 1.29 is 9.90 Å². The molecule has 1 fully saturated rings. The zero-order chi connectivity index (χ0) is 9.30. The lowest BCUT2D eigenvalue weighted by atomic mass is 9.93. The van der Waals surface area contributed by atoms with Gasteiger partial charge >= 0.3 is 0 Å². The number of hydrogen-bond acceptors (Lipinski definition) is 3. The minimum absolute atomic E-state index is 0.00185. The quantitative estimate of drug-likeness (QED) is 0.358. The monoisotopic (exact) mass is 171 g/mol. The Bertz CT molecular complexity index is 211. The molecule has 1 aliphatic heterocycles. The molecule has 0 aliphatic carbocycles. The lowest BCUT2D eigenvalue weighted by Crippen LogP contribution is -2.56. The third kappa shape index (κ3) is 1.55. The second kappa shape index (κ2) is 3.10. The van der Waals surface area contributed by atoms with Crippen LogP contribution in [0.3, 0.4) is 0 Å². The highest BCUT2D eigenvalue weighted by Crippen LogP contribution is 2.18. The predicted molar refractivity (Wildman–Crippen MR) is 43.7 cm³/mol. The average molecular weight is 171 g/mol. The van der Waals surface area contributed by atoms with E-state index >= 15 is 0 Å². The van der Waals surface area contributed by atoms with Gasteiger partial charge < -0.3 is 15.7 Å². The van der Waals surface area contributed by atoms with Gasteiger partial charge in [-0.3, -0.25) is 10.2 Å². The number of nitrogens with one attached hydrogen (secondary N) is 1. The molecule has 68 valence electrons. The number of aliphatic hydroxyl groups is 1. The number of nitrogens with zero attached hydrogens (tertiary/aromatic N) is 1. The van der Waals surface area contributed by atoms with Crippen molar-refractivity contribution in [1.29, 1.82) is 5.41 Å². The van der Waals surface area contributed by atoms with Gasteiger partial charge in [0.2, 0.25) is 5.91 Å². The van der Waals surface area contributed by atoms with Gasteiger partial charge in [0.15, 0.2) is 0 Å². The third-order valence-corrected chi connectivity index (χ3v) is 2.12. The Labute approximate surface area is 70.7 Å². The summed E-state index contributed by atoms with van der Waals surface area (Å²) in [5.41, 5.74) is 5.10. The number of amides is 1. The zero-order valence-electron chi connectivity index (χ0n) is 6.95. The molecule has 1 unspecified atom stereocenters. The normalized spacial score (nSPS) is 20.0. The first-order valence-electron chi connectivity index (χ1n) is 3.80. The molecule has 1 saturated heterocycles. The largest absolute Gasteiger partial charge is 0.385 e. The molecule has 1 rings (SSSR count). The average Bonchev–Trinajstić information content (AvgIpc) is 1.82. The minimum Gasteiger partial charge on any atom is -0.385 e. The van der Waals surface area contributed by atoms with Crippen molar-refractivity contribution >= 4 is 11.7 Å². The Morgan fingerprint density at radius 2 is 2.25 bits per heavy atom. The van der Waals surface area contributed by atoms with Gasteiger partial charge in [-0.25, -0.2) is 0 Å². The molecule has 0 aromatic heterocycles. The smallest absolute Gasteiger partial charge is 0.219 e. The molecule has 1 heterocycles. The van der Waals surface area contributed by atoms with Gasteiger partial charge in [-0.15, -0.1) is 0 Å². The number of rotatable bonds is 2. The number of carbonyl (C=O) groups excluding carboxylic acids is 1. The van der Waals surface area contributed by atoms with Crippen LogP contribution >= 0.6 is 0 Å². The molecule has 0 aromatic carbocycles. The highest BCUT2D eigenvalue weighted by molar-refractivity contribution is 5.82. The minimum atomic E-state index is -0.888. The molecule has 12 heavy (non-hydrogen) atoms. The van der Waals surface area contributed by atoms with E-state index in [9.17, 15) is 9.90 Å². The summed E-state index contributed by atoms with van der Waals surface area (Å²) in [6.45, 7) is 2.50. The second-order valence-electron chi connectivity index (χ2n) is 3.08. The summed E-state index contributed by atoms with van der Waals surface area (Å²) in [7, 11) is 0. The van der Waals surface area contributed by atoms with E-state index in [1.807, 2.05) is 0 Å². The lowest BCUT2D eigenvalue weighted by molar-refractivity contribution is -0.136. The molecule has 1 atom stereocenters. The van der Waals surface area contributed by atoms with Gasteiger partial charge in [0.25, 0.3) is 0 Å². The van der Waals surface area contributed by atoms with Gasteiger partial charge in [0, 0.05) is 25.9 Å². The fourth-order valence-electron chi connectivity index (χ4n) is 1.22. The maximum Gasteiger partial charge on any atom is 0.219 e. The van der Waals surface area contributed by atoms with Gasteiger partial charge in [-0.05, 0) is 0 Å². The highest BCUT2D eigenvalue weighted by atomic mass is 16.3. The van der Waals surface area contributed by atoms with Crippen molar-refractivity contribution in [3.8, 4) is 0 Å². The molecule has 4 N–H and O–H groups in total. The van der Waals surface area contributed by atoms with Crippen molar-refractivity contribution in [2.75, 3.05) is 13.1 Å². The first-order valence-corrected chi connectivity index (χ1v) is 3.80. The van der Waals surface area contributed by atoms with Crippen molar-refractivity contribution in [3.05, 3.63) is 0 Å². The van der Waals surface area contributed by atoms with Crippen molar-refractivity contribution in [1.82, 2.24) is 4.90 Å². The first-order chi connectivity index (χ1) is 5.52. The molecule has 5 nitrogen and oxygen atoms in total. The molecular weight excluding hydrogens is 158 g/mol. The van der Waals surface area contributed by atoms with Crippen LogP contribution in [-0.2, 0) is 4.79 Å². The molecule has 1 amide bonds. The summed E-state index contributed by atoms with van der Waals surface area (Å²) < 4.78 is 0. The van der Waals surface area contributed by atoms with E-state index in [0.29, 0.717) is 13.1 Å². The van der Waals surface area contributed by atoms with Crippen LogP contribution in [0.25, 0.3) is 0 Å². The van der Waals surface area contributed by atoms with Gasteiger partial charge in [0.05, 0.1) is 0 Å². The van der Waals surface area contributed by atoms with Crippen LogP contribution in [0.4, 0.5) is 0 Å². The molecule has 1 aliphatic rings. The van der Waals surface area contributed by atoms with Crippen LogP contribution in [0.2, 0.25) is 0 Å². The van der Waals surface area contributed by atoms with Crippen molar-refractivity contribution in [3.63, 3.8) is 0 Å². The standard InChI is InChI=1S/C7H13N3O2/c1-4(11)10-2-5(3-10)6(12)7(8)9/h5-6,12H,2-3H2,1H3,(H3,8,9). The Kier molecular flexibility index (Phi) is 2.32. The van der Waals surface area contributed by atoms with E-state index < -0.39 is 6.10 Å². The Morgan fingerprint density at radius 3 is 2.58 bits per heavy atom. The van der Waals surface area contributed by atoms with E-state index in [0.717, 1.165) is 0 Å². The van der Waals surface area contributed by atoms with E-state index in [4.69, 9.17) is 11.1 Å². The molecule has 0 bridgehead atoms. The second-order valence-corrected chi connectivity index (χ2v) is 3.08. The molecule has 0 spiro atoms. The predicted octanol–water partition coefficient (Wildman–Crippen LogP) is -1.24. The molecule has 0 aromatic rings. The fourth-order valence-corrected chi connectivity index (χ4v) is 1.22. The summed E-state index contributed by atoms with van der Waals surface area (Å²) in [5, 5.41) is 16.2. The first kappa shape index (κ1) is 8.99. The fraction of sp³-hybridized carbons (Fsp3) is 0.714. The SMILES string of the molecule is CC(=O)N1CC(C(O)C(=N)N)C1.